The predicted octanol–water partition coefficient (Wildman–Crippen LogP) is 6.26. The van der Waals surface area contributed by atoms with Crippen LogP contribution in [0.4, 0.5) is 0 Å². The zero-order chi connectivity index (χ0) is 34.1. The lowest BCUT2D eigenvalue weighted by Crippen LogP contribution is -2.51. The molecule has 3 saturated heterocycles. The summed E-state index contributed by atoms with van der Waals surface area (Å²) in [7, 11) is 2.18. The Morgan fingerprint density at radius 1 is 0.957 bits per heavy atom. The molecule has 0 aromatic heterocycles. The van der Waals surface area contributed by atoms with Gasteiger partial charge in [0.1, 0.15) is 6.29 Å². The van der Waals surface area contributed by atoms with Gasteiger partial charge in [0, 0.05) is 60.7 Å². The van der Waals surface area contributed by atoms with Crippen molar-refractivity contribution in [1.29, 1.82) is 0 Å². The Morgan fingerprint density at radius 2 is 1.59 bits per heavy atom. The maximum atomic E-state index is 12.9. The van der Waals surface area contributed by atoms with Crippen LogP contribution in [0.15, 0.2) is 30.3 Å². The Kier molecular flexibility index (Phi) is 18.4. The van der Waals surface area contributed by atoms with Crippen molar-refractivity contribution >= 4 is 30.2 Å². The molecule has 46 heavy (non-hydrogen) atoms. The number of benzene rings is 1. The number of halogens is 1. The van der Waals surface area contributed by atoms with Gasteiger partial charge in [-0.1, -0.05) is 50.6 Å². The number of amides is 2. The van der Waals surface area contributed by atoms with Gasteiger partial charge < -0.3 is 24.2 Å². The second kappa shape index (κ2) is 21.1. The summed E-state index contributed by atoms with van der Waals surface area (Å²) < 4.78 is 5.00. The van der Waals surface area contributed by atoms with Crippen molar-refractivity contribution in [1.82, 2.24) is 19.6 Å². The highest BCUT2D eigenvalue weighted by Crippen LogP contribution is 2.31. The average molecular weight is 663 g/mol. The van der Waals surface area contributed by atoms with Gasteiger partial charge in [0.25, 0.3) is 0 Å². The highest BCUT2D eigenvalue weighted by Gasteiger charge is 2.37. The molecule has 262 valence electrons. The number of hydrogen-bond donors (Lipinski definition) is 0. The molecule has 8 nitrogen and oxygen atoms in total. The van der Waals surface area contributed by atoms with Crippen molar-refractivity contribution in [2.75, 3.05) is 59.5 Å². The summed E-state index contributed by atoms with van der Waals surface area (Å²) in [5, 5.41) is 0.794. The zero-order valence-corrected chi connectivity index (χ0v) is 30.6. The first-order valence-electron chi connectivity index (χ1n) is 17.6. The molecular weight excluding hydrogens is 600 g/mol. The standard InChI is InChI=1S/C17H32N2O.C9H17NO.C6H5Cl.C5H9NO2/c1-5-14(3)17(20)19(16-10-11-18(4)12-16)15-8-6-13(2)7-9-15;1-9(2,3)10-5-4-8(6-10)7-11;7-6-4-2-1-3-5-6;7-5-6-1-3-8-4-2-6/h13-16H,5-12H2,1-4H3;7-8H,4-6H2,1-3H3;1-5H;5H,1-4H2. The van der Waals surface area contributed by atoms with Crippen molar-refractivity contribution in [3.63, 3.8) is 0 Å². The van der Waals surface area contributed by atoms with E-state index in [1.165, 1.54) is 25.7 Å². The van der Waals surface area contributed by atoms with Crippen LogP contribution in [-0.2, 0) is 19.1 Å². The van der Waals surface area contributed by atoms with Crippen molar-refractivity contribution in [3.8, 4) is 0 Å². The fraction of sp³-hybridized carbons (Fsp3) is 0.757. The SMILES string of the molecule is CC(C)(C)N1CCC(C=O)C1.CCC(C)C(=O)N(C1CCC(C)CC1)C1CCN(C)C1.Clc1ccccc1.O=CN1CCOCC1. The van der Waals surface area contributed by atoms with Crippen LogP contribution in [0, 0.1) is 17.8 Å². The fourth-order valence-electron chi connectivity index (χ4n) is 6.35. The molecule has 9 heteroatoms. The second-order valence-electron chi connectivity index (χ2n) is 14.5. The molecule has 0 radical (unpaired) electrons. The minimum atomic E-state index is 0.181. The number of nitrogens with zero attached hydrogens (tertiary/aromatic N) is 4. The summed E-state index contributed by atoms with van der Waals surface area (Å²) in [6.45, 7) is 20.3. The van der Waals surface area contributed by atoms with E-state index < -0.39 is 0 Å². The molecule has 0 spiro atoms. The maximum Gasteiger partial charge on any atom is 0.225 e. The quantitative estimate of drug-likeness (QED) is 0.335. The van der Waals surface area contributed by atoms with Crippen LogP contribution in [0.25, 0.3) is 0 Å². The van der Waals surface area contributed by atoms with E-state index in [1.54, 1.807) is 4.90 Å². The van der Waals surface area contributed by atoms with Gasteiger partial charge in [0.2, 0.25) is 12.3 Å². The fourth-order valence-corrected chi connectivity index (χ4v) is 6.50. The van der Waals surface area contributed by atoms with E-state index in [0.29, 0.717) is 31.2 Å². The minimum absolute atomic E-state index is 0.181. The van der Waals surface area contributed by atoms with E-state index in [1.807, 2.05) is 30.3 Å². The molecule has 0 bridgehead atoms. The monoisotopic (exact) mass is 662 g/mol. The topological polar surface area (TPSA) is 73.4 Å². The molecule has 1 aromatic rings. The van der Waals surface area contributed by atoms with Gasteiger partial charge in [-0.15, -0.1) is 0 Å². The Balaban J connectivity index is 0.000000237. The summed E-state index contributed by atoms with van der Waals surface area (Å²) in [5.41, 5.74) is 0.234. The van der Waals surface area contributed by atoms with E-state index in [0.717, 1.165) is 82.2 Å². The van der Waals surface area contributed by atoms with Crippen molar-refractivity contribution in [3.05, 3.63) is 35.4 Å². The molecule has 0 N–H and O–H groups in total. The molecule has 5 rings (SSSR count). The highest BCUT2D eigenvalue weighted by atomic mass is 35.5. The third-order valence-electron chi connectivity index (χ3n) is 9.72. The second-order valence-corrected chi connectivity index (χ2v) is 15.0. The molecule has 3 aliphatic heterocycles. The normalized spacial score (nSPS) is 25.9. The summed E-state index contributed by atoms with van der Waals surface area (Å²) in [6.07, 6.45) is 10.1. The third-order valence-corrected chi connectivity index (χ3v) is 9.97. The van der Waals surface area contributed by atoms with Crippen molar-refractivity contribution in [2.45, 2.75) is 104 Å². The first kappa shape index (κ1) is 40.2. The van der Waals surface area contributed by atoms with Gasteiger partial charge in [-0.25, -0.2) is 0 Å². The number of morpholine rings is 1. The maximum absolute atomic E-state index is 12.9. The lowest BCUT2D eigenvalue weighted by Gasteiger charge is -2.41. The van der Waals surface area contributed by atoms with Crippen LogP contribution in [0.1, 0.15) is 86.5 Å². The largest absolute Gasteiger partial charge is 0.378 e. The number of likely N-dealkylation sites (tertiary alicyclic amines) is 2. The van der Waals surface area contributed by atoms with E-state index in [2.05, 4.69) is 63.3 Å². The number of carbonyl (C=O) groups is 3. The van der Waals surface area contributed by atoms with Crippen molar-refractivity contribution in [2.24, 2.45) is 17.8 Å². The first-order chi connectivity index (χ1) is 21.9. The van der Waals surface area contributed by atoms with E-state index in [-0.39, 0.29) is 17.4 Å². The number of hydrogen-bond acceptors (Lipinski definition) is 6. The summed E-state index contributed by atoms with van der Waals surface area (Å²) in [4.78, 5) is 42.1. The Bertz CT molecular complexity index is 993. The minimum Gasteiger partial charge on any atom is -0.378 e. The Labute approximate surface area is 285 Å². The molecular formula is C37H63ClN4O4. The van der Waals surface area contributed by atoms with E-state index in [4.69, 9.17) is 16.3 Å². The van der Waals surface area contributed by atoms with Crippen LogP contribution in [-0.4, -0.2) is 115 Å². The number of ether oxygens (including phenoxy) is 1. The number of carbonyl (C=O) groups excluding carboxylic acids is 3. The van der Waals surface area contributed by atoms with Gasteiger partial charge >= 0.3 is 0 Å². The average Bonchev–Trinajstić information content (AvgIpc) is 3.73. The van der Waals surface area contributed by atoms with Gasteiger partial charge in [0.05, 0.1) is 13.2 Å². The Hall–Kier alpha value is -2.00. The molecule has 3 unspecified atom stereocenters. The molecule has 4 fully saturated rings. The molecule has 1 aliphatic carbocycles. The Morgan fingerprint density at radius 3 is 1.98 bits per heavy atom. The summed E-state index contributed by atoms with van der Waals surface area (Å²) in [6, 6.07) is 10.4. The van der Waals surface area contributed by atoms with Gasteiger partial charge in [0.15, 0.2) is 0 Å². The van der Waals surface area contributed by atoms with Crippen LogP contribution in [0.3, 0.4) is 0 Å². The molecule has 3 atom stereocenters. The van der Waals surface area contributed by atoms with Crippen LogP contribution >= 0.6 is 11.6 Å². The van der Waals surface area contributed by atoms with Crippen LogP contribution < -0.4 is 0 Å². The molecule has 1 aromatic carbocycles. The van der Waals surface area contributed by atoms with Crippen LogP contribution in [0.2, 0.25) is 5.02 Å². The molecule has 3 heterocycles. The first-order valence-corrected chi connectivity index (χ1v) is 18.0. The van der Waals surface area contributed by atoms with Gasteiger partial charge in [-0.3, -0.25) is 14.5 Å². The van der Waals surface area contributed by atoms with E-state index >= 15 is 0 Å². The lowest BCUT2D eigenvalue weighted by atomic mass is 9.85. The number of rotatable bonds is 6. The van der Waals surface area contributed by atoms with Crippen LogP contribution in [0.5, 0.6) is 0 Å². The molecule has 1 saturated carbocycles. The molecule has 4 aliphatic rings. The molecule has 2 amide bonds. The van der Waals surface area contributed by atoms with Gasteiger partial charge in [-0.05, 0) is 104 Å². The summed E-state index contributed by atoms with van der Waals surface area (Å²) >= 11 is 5.54. The number of aldehydes is 1. The van der Waals surface area contributed by atoms with Crippen molar-refractivity contribution < 1.29 is 19.1 Å². The van der Waals surface area contributed by atoms with Gasteiger partial charge in [-0.2, -0.15) is 0 Å². The zero-order valence-electron chi connectivity index (χ0n) is 29.8. The summed E-state index contributed by atoms with van der Waals surface area (Å²) in [5.74, 6) is 1.72. The number of likely N-dealkylation sites (N-methyl/N-ethyl adjacent to an activating group) is 1. The van der Waals surface area contributed by atoms with E-state index in [9.17, 15) is 14.4 Å². The highest BCUT2D eigenvalue weighted by molar-refractivity contribution is 6.30. The smallest absolute Gasteiger partial charge is 0.225 e. The predicted molar refractivity (Wildman–Crippen MR) is 189 cm³/mol. The third kappa shape index (κ3) is 14.4. The lowest BCUT2D eigenvalue weighted by molar-refractivity contribution is -0.141.